The van der Waals surface area contributed by atoms with E-state index in [4.69, 9.17) is 0 Å². The molecule has 0 aromatic rings. The van der Waals surface area contributed by atoms with Gasteiger partial charge in [-0.2, -0.15) is 0 Å². The Balaban J connectivity index is 1.47. The molecule has 0 aromatic heterocycles. The summed E-state index contributed by atoms with van der Waals surface area (Å²) in [4.78, 5) is 0. The van der Waals surface area contributed by atoms with Crippen molar-refractivity contribution in [1.29, 1.82) is 0 Å². The summed E-state index contributed by atoms with van der Waals surface area (Å²) in [6.07, 6.45) is 8.37. The maximum absolute atomic E-state index is 3.61. The molecule has 4 heteroatoms. The van der Waals surface area contributed by atoms with Crippen molar-refractivity contribution in [3.63, 3.8) is 0 Å². The lowest BCUT2D eigenvalue weighted by Gasteiger charge is -2.24. The quantitative estimate of drug-likeness (QED) is 0.586. The van der Waals surface area contributed by atoms with E-state index < -0.39 is 0 Å². The van der Waals surface area contributed by atoms with Gasteiger partial charge in [-0.1, -0.05) is 34.4 Å². The summed E-state index contributed by atoms with van der Waals surface area (Å²) in [5.41, 5.74) is 0. The molecule has 2 fully saturated rings. The minimum absolute atomic E-state index is 0.783. The lowest BCUT2D eigenvalue weighted by molar-refractivity contribution is 0.429. The van der Waals surface area contributed by atoms with Crippen molar-refractivity contribution in [3.8, 4) is 0 Å². The average Bonchev–Trinajstić information content (AvgIpc) is 2.37. The third-order valence-electron chi connectivity index (χ3n) is 3.45. The molecule has 2 nitrogen and oxygen atoms in total. The van der Waals surface area contributed by atoms with Gasteiger partial charge >= 0.3 is 0 Å². The monoisotopic (exact) mass is 260 g/mol. The number of nitrogens with one attached hydrogen (secondary N) is 2. The van der Waals surface area contributed by atoms with E-state index in [1.54, 1.807) is 0 Å². The first kappa shape index (κ1) is 13.1. The van der Waals surface area contributed by atoms with E-state index in [0.29, 0.717) is 0 Å². The van der Waals surface area contributed by atoms with Gasteiger partial charge in [0.1, 0.15) is 0 Å². The standard InChI is InChI=1S/C12H24N2S2/c1-3-7-13-11(5-1)9-15-16-10-12-6-2-4-8-14-12/h11-14H,1-10H2. The molecule has 0 aliphatic carbocycles. The van der Waals surface area contributed by atoms with Gasteiger partial charge in [0.2, 0.25) is 0 Å². The van der Waals surface area contributed by atoms with Crippen molar-refractivity contribution in [2.45, 2.75) is 50.6 Å². The molecular weight excluding hydrogens is 236 g/mol. The van der Waals surface area contributed by atoms with E-state index in [1.165, 1.54) is 63.1 Å². The number of hydrogen-bond acceptors (Lipinski definition) is 4. The second kappa shape index (κ2) is 7.85. The molecule has 94 valence electrons. The minimum atomic E-state index is 0.783. The zero-order valence-corrected chi connectivity index (χ0v) is 11.7. The van der Waals surface area contributed by atoms with Crippen molar-refractivity contribution in [3.05, 3.63) is 0 Å². The molecule has 2 rings (SSSR count). The predicted octanol–water partition coefficient (Wildman–Crippen LogP) is 2.65. The van der Waals surface area contributed by atoms with E-state index in [2.05, 4.69) is 32.2 Å². The molecule has 0 bridgehead atoms. The van der Waals surface area contributed by atoms with Crippen molar-refractivity contribution in [1.82, 2.24) is 10.6 Å². The fourth-order valence-electron chi connectivity index (χ4n) is 2.39. The molecular formula is C12H24N2S2. The van der Waals surface area contributed by atoms with Crippen molar-refractivity contribution < 1.29 is 0 Å². The Morgan fingerprint density at radius 1 is 0.750 bits per heavy atom. The fourth-order valence-corrected chi connectivity index (χ4v) is 5.05. The molecule has 2 unspecified atom stereocenters. The Morgan fingerprint density at radius 3 is 1.62 bits per heavy atom. The second-order valence-corrected chi connectivity index (χ2v) is 7.41. The summed E-state index contributed by atoms with van der Waals surface area (Å²) in [7, 11) is 4.14. The van der Waals surface area contributed by atoms with Gasteiger partial charge in [-0.25, -0.2) is 0 Å². The topological polar surface area (TPSA) is 24.1 Å². The second-order valence-electron chi connectivity index (χ2n) is 4.86. The average molecular weight is 260 g/mol. The molecule has 2 saturated heterocycles. The summed E-state index contributed by atoms with van der Waals surface area (Å²) >= 11 is 0. The maximum Gasteiger partial charge on any atom is 0.0191 e. The van der Waals surface area contributed by atoms with Crippen LogP contribution in [0.5, 0.6) is 0 Å². The fraction of sp³-hybridized carbons (Fsp3) is 1.00. The molecule has 2 aliphatic rings. The number of rotatable bonds is 5. The normalized spacial score (nSPS) is 31.5. The molecule has 0 radical (unpaired) electrons. The van der Waals surface area contributed by atoms with E-state index in [0.717, 1.165) is 12.1 Å². The van der Waals surface area contributed by atoms with Crippen LogP contribution in [-0.2, 0) is 0 Å². The van der Waals surface area contributed by atoms with Crippen molar-refractivity contribution >= 4 is 21.6 Å². The first-order valence-electron chi connectivity index (χ1n) is 6.66. The summed E-state index contributed by atoms with van der Waals surface area (Å²) in [6, 6.07) is 1.57. The highest BCUT2D eigenvalue weighted by Gasteiger charge is 2.14. The molecule has 0 amide bonds. The number of hydrogen-bond donors (Lipinski definition) is 2. The van der Waals surface area contributed by atoms with Crippen molar-refractivity contribution in [2.24, 2.45) is 0 Å². The third-order valence-corrected chi connectivity index (χ3v) is 6.01. The van der Waals surface area contributed by atoms with Crippen LogP contribution >= 0.6 is 21.6 Å². The van der Waals surface area contributed by atoms with Gasteiger partial charge in [-0.05, 0) is 38.8 Å². The van der Waals surface area contributed by atoms with Gasteiger partial charge in [0.15, 0.2) is 0 Å². The predicted molar refractivity (Wildman–Crippen MR) is 76.2 cm³/mol. The maximum atomic E-state index is 3.61. The first-order chi connectivity index (χ1) is 7.95. The molecule has 0 saturated carbocycles. The zero-order chi connectivity index (χ0) is 11.1. The Morgan fingerprint density at radius 2 is 1.25 bits per heavy atom. The molecule has 0 spiro atoms. The van der Waals surface area contributed by atoms with Crippen LogP contribution in [0.3, 0.4) is 0 Å². The largest absolute Gasteiger partial charge is 0.313 e. The summed E-state index contributed by atoms with van der Waals surface area (Å²) in [5.74, 6) is 2.58. The van der Waals surface area contributed by atoms with E-state index in [1.807, 2.05) is 0 Å². The SMILES string of the molecule is C1CCC(CSSCC2CCCCN2)NC1. The van der Waals surface area contributed by atoms with Gasteiger partial charge in [-0.15, -0.1) is 0 Å². The summed E-state index contributed by atoms with van der Waals surface area (Å²) in [6.45, 7) is 2.47. The lowest BCUT2D eigenvalue weighted by Crippen LogP contribution is -2.36. The van der Waals surface area contributed by atoms with Gasteiger partial charge < -0.3 is 10.6 Å². The van der Waals surface area contributed by atoms with Crippen LogP contribution in [0.1, 0.15) is 38.5 Å². The Kier molecular flexibility index (Phi) is 6.41. The van der Waals surface area contributed by atoms with Crippen LogP contribution in [0.25, 0.3) is 0 Å². The highest BCUT2D eigenvalue weighted by atomic mass is 33.1. The van der Waals surface area contributed by atoms with Crippen LogP contribution < -0.4 is 10.6 Å². The van der Waals surface area contributed by atoms with Crippen LogP contribution in [-0.4, -0.2) is 36.7 Å². The van der Waals surface area contributed by atoms with Gasteiger partial charge in [0.25, 0.3) is 0 Å². The molecule has 16 heavy (non-hydrogen) atoms. The van der Waals surface area contributed by atoms with Gasteiger partial charge in [0, 0.05) is 23.6 Å². The highest BCUT2D eigenvalue weighted by Crippen LogP contribution is 2.26. The summed E-state index contributed by atoms with van der Waals surface area (Å²) < 4.78 is 0. The lowest BCUT2D eigenvalue weighted by atomic mass is 10.1. The molecule has 2 aliphatic heterocycles. The molecule has 2 atom stereocenters. The minimum Gasteiger partial charge on any atom is -0.313 e. The molecule has 0 aromatic carbocycles. The van der Waals surface area contributed by atoms with E-state index >= 15 is 0 Å². The van der Waals surface area contributed by atoms with E-state index in [9.17, 15) is 0 Å². The first-order valence-corrected chi connectivity index (χ1v) is 9.15. The Hall–Kier alpha value is 0.620. The van der Waals surface area contributed by atoms with Gasteiger partial charge in [0.05, 0.1) is 0 Å². The van der Waals surface area contributed by atoms with Gasteiger partial charge in [-0.3, -0.25) is 0 Å². The Labute approximate surface area is 107 Å². The van der Waals surface area contributed by atoms with Crippen LogP contribution in [0.15, 0.2) is 0 Å². The number of piperidine rings is 2. The smallest absolute Gasteiger partial charge is 0.0191 e. The molecule has 2 N–H and O–H groups in total. The van der Waals surface area contributed by atoms with Crippen molar-refractivity contribution in [2.75, 3.05) is 24.6 Å². The molecule has 2 heterocycles. The van der Waals surface area contributed by atoms with Crippen LogP contribution in [0.2, 0.25) is 0 Å². The van der Waals surface area contributed by atoms with Crippen LogP contribution in [0.4, 0.5) is 0 Å². The van der Waals surface area contributed by atoms with E-state index in [-0.39, 0.29) is 0 Å². The third kappa shape index (κ3) is 4.86. The van der Waals surface area contributed by atoms with Crippen LogP contribution in [0, 0.1) is 0 Å². The summed E-state index contributed by atoms with van der Waals surface area (Å²) in [5, 5.41) is 7.22. The Bertz CT molecular complexity index is 158. The zero-order valence-electron chi connectivity index (χ0n) is 10.0. The highest BCUT2D eigenvalue weighted by molar-refractivity contribution is 8.76.